The molecule has 0 spiro atoms. The summed E-state index contributed by atoms with van der Waals surface area (Å²) in [5.74, 6) is 0.677. The summed E-state index contributed by atoms with van der Waals surface area (Å²) < 4.78 is 9.78. The average Bonchev–Trinajstić information content (AvgIpc) is 3.18. The lowest BCUT2D eigenvalue weighted by Gasteiger charge is -2.09. The number of carbonyl (C=O) groups excluding carboxylic acids is 1. The van der Waals surface area contributed by atoms with Gasteiger partial charge in [0.1, 0.15) is 12.4 Å². The Labute approximate surface area is 145 Å². The van der Waals surface area contributed by atoms with Crippen LogP contribution < -0.4 is 10.1 Å². The molecular weight excluding hydrogens is 318 g/mol. The maximum atomic E-state index is 11.2. The second-order valence-corrected chi connectivity index (χ2v) is 6.06. The van der Waals surface area contributed by atoms with Gasteiger partial charge in [-0.3, -0.25) is 14.2 Å². The largest absolute Gasteiger partial charge is 0.487 e. The number of hydrogen-bond donors (Lipinski definition) is 1. The van der Waals surface area contributed by atoms with E-state index in [9.17, 15) is 4.79 Å². The number of nitrogens with zero attached hydrogens (tertiary/aromatic N) is 4. The first-order chi connectivity index (χ1) is 12.1. The van der Waals surface area contributed by atoms with Gasteiger partial charge in [0, 0.05) is 42.5 Å². The third-order valence-corrected chi connectivity index (χ3v) is 4.20. The Morgan fingerprint density at radius 3 is 3.00 bits per heavy atom. The van der Waals surface area contributed by atoms with Crippen molar-refractivity contribution in [3.63, 3.8) is 0 Å². The van der Waals surface area contributed by atoms with Crippen LogP contribution >= 0.6 is 0 Å². The van der Waals surface area contributed by atoms with Gasteiger partial charge in [0.25, 0.3) is 0 Å². The van der Waals surface area contributed by atoms with Gasteiger partial charge in [0.05, 0.1) is 24.1 Å². The zero-order chi connectivity index (χ0) is 17.4. The molecule has 2 aromatic heterocycles. The van der Waals surface area contributed by atoms with Crippen LogP contribution in [0.25, 0.3) is 11.3 Å². The number of carbonyl (C=O) groups is 1. The van der Waals surface area contributed by atoms with Crippen LogP contribution in [0.5, 0.6) is 5.75 Å². The third-order valence-electron chi connectivity index (χ3n) is 4.20. The molecule has 0 saturated carbocycles. The summed E-state index contributed by atoms with van der Waals surface area (Å²) in [4.78, 5) is 11.2. The quantitative estimate of drug-likeness (QED) is 0.797. The molecule has 0 aliphatic carbocycles. The maximum Gasteiger partial charge on any atom is 0.221 e. The zero-order valence-corrected chi connectivity index (χ0v) is 14.2. The van der Waals surface area contributed by atoms with Crippen LogP contribution in [0, 0.1) is 0 Å². The van der Waals surface area contributed by atoms with E-state index < -0.39 is 0 Å². The summed E-state index contributed by atoms with van der Waals surface area (Å²) in [5.41, 5.74) is 4.68. The van der Waals surface area contributed by atoms with E-state index in [2.05, 4.69) is 17.3 Å². The van der Waals surface area contributed by atoms with E-state index in [-0.39, 0.29) is 5.91 Å². The Morgan fingerprint density at radius 2 is 2.24 bits per heavy atom. The Morgan fingerprint density at radius 1 is 1.36 bits per heavy atom. The fourth-order valence-electron chi connectivity index (χ4n) is 2.93. The van der Waals surface area contributed by atoms with Crippen molar-refractivity contribution in [1.29, 1.82) is 0 Å². The second-order valence-electron chi connectivity index (χ2n) is 6.06. The van der Waals surface area contributed by atoms with E-state index in [4.69, 9.17) is 9.84 Å². The number of aromatic nitrogens is 4. The summed E-state index contributed by atoms with van der Waals surface area (Å²) in [6.45, 7) is 5.45. The van der Waals surface area contributed by atoms with E-state index in [0.717, 1.165) is 40.5 Å². The van der Waals surface area contributed by atoms with Crippen molar-refractivity contribution in [1.82, 2.24) is 19.6 Å². The topological polar surface area (TPSA) is 74.0 Å². The molecule has 1 aliphatic heterocycles. The summed E-state index contributed by atoms with van der Waals surface area (Å²) in [7, 11) is 0. The molecule has 1 amide bonds. The van der Waals surface area contributed by atoms with Crippen LogP contribution in [0.2, 0.25) is 0 Å². The monoisotopic (exact) mass is 337 g/mol. The van der Waals surface area contributed by atoms with Crippen LogP contribution in [0.15, 0.2) is 36.7 Å². The van der Waals surface area contributed by atoms with Gasteiger partial charge < -0.3 is 10.1 Å². The maximum absolute atomic E-state index is 11.2. The number of hydrogen-bond acceptors (Lipinski definition) is 4. The van der Waals surface area contributed by atoms with Crippen molar-refractivity contribution in [2.75, 3.05) is 5.32 Å². The number of amides is 1. The smallest absolute Gasteiger partial charge is 0.221 e. The minimum absolute atomic E-state index is 0.0984. The van der Waals surface area contributed by atoms with Crippen LogP contribution in [0.3, 0.4) is 0 Å². The van der Waals surface area contributed by atoms with Gasteiger partial charge in [-0.2, -0.15) is 10.2 Å². The van der Waals surface area contributed by atoms with E-state index >= 15 is 0 Å². The summed E-state index contributed by atoms with van der Waals surface area (Å²) in [6, 6.07) is 7.74. The lowest BCUT2D eigenvalue weighted by Crippen LogP contribution is -2.06. The minimum atomic E-state index is -0.0984. The van der Waals surface area contributed by atoms with E-state index in [1.165, 1.54) is 6.92 Å². The summed E-state index contributed by atoms with van der Waals surface area (Å²) >= 11 is 0. The minimum Gasteiger partial charge on any atom is -0.487 e. The molecule has 1 N–H and O–H groups in total. The molecule has 25 heavy (non-hydrogen) atoms. The number of nitrogens with one attached hydrogen (secondary N) is 1. The number of ether oxygens (including phenoxy) is 1. The van der Waals surface area contributed by atoms with Crippen molar-refractivity contribution >= 4 is 11.6 Å². The van der Waals surface area contributed by atoms with Crippen LogP contribution in [0.4, 0.5) is 5.69 Å². The molecule has 3 heterocycles. The van der Waals surface area contributed by atoms with Gasteiger partial charge in [0.15, 0.2) is 0 Å². The molecule has 7 heteroatoms. The first-order valence-corrected chi connectivity index (χ1v) is 8.25. The summed E-state index contributed by atoms with van der Waals surface area (Å²) in [5, 5.41) is 11.8. The zero-order valence-electron chi connectivity index (χ0n) is 14.2. The molecular formula is C18H19N5O2. The van der Waals surface area contributed by atoms with Crippen LogP contribution in [0.1, 0.15) is 25.1 Å². The molecule has 0 saturated heterocycles. The van der Waals surface area contributed by atoms with Gasteiger partial charge in [-0.05, 0) is 19.1 Å². The standard InChI is InChI=1S/C18H19N5O2/c1-3-22-9-14(8-19-22)17-7-16-11-25-18-6-15(20-12(2)24)5-4-13(18)10-23(16)21-17/h4-9H,3,10-11H2,1-2H3,(H,20,24). The van der Waals surface area contributed by atoms with Gasteiger partial charge >= 0.3 is 0 Å². The number of benzene rings is 1. The van der Waals surface area contributed by atoms with Gasteiger partial charge in [-0.25, -0.2) is 0 Å². The highest BCUT2D eigenvalue weighted by molar-refractivity contribution is 5.88. The number of rotatable bonds is 3. The predicted molar refractivity (Wildman–Crippen MR) is 93.3 cm³/mol. The van der Waals surface area contributed by atoms with Crippen molar-refractivity contribution in [3.8, 4) is 17.0 Å². The molecule has 0 atom stereocenters. The van der Waals surface area contributed by atoms with E-state index in [0.29, 0.717) is 13.2 Å². The molecule has 0 fully saturated rings. The lowest BCUT2D eigenvalue weighted by molar-refractivity contribution is -0.114. The van der Waals surface area contributed by atoms with Crippen molar-refractivity contribution in [2.45, 2.75) is 33.5 Å². The average molecular weight is 337 g/mol. The molecule has 4 rings (SSSR count). The van der Waals surface area contributed by atoms with Crippen molar-refractivity contribution in [3.05, 3.63) is 47.9 Å². The highest BCUT2D eigenvalue weighted by Crippen LogP contribution is 2.29. The van der Waals surface area contributed by atoms with Gasteiger partial charge in [-0.1, -0.05) is 6.07 Å². The van der Waals surface area contributed by atoms with Gasteiger partial charge in [-0.15, -0.1) is 0 Å². The Balaban J connectivity index is 1.62. The molecule has 128 valence electrons. The fourth-order valence-corrected chi connectivity index (χ4v) is 2.93. The third kappa shape index (κ3) is 3.00. The number of fused-ring (bicyclic) bond motifs is 2. The van der Waals surface area contributed by atoms with Crippen LogP contribution in [-0.4, -0.2) is 25.5 Å². The highest BCUT2D eigenvalue weighted by Gasteiger charge is 2.18. The highest BCUT2D eigenvalue weighted by atomic mass is 16.5. The first-order valence-electron chi connectivity index (χ1n) is 8.25. The van der Waals surface area contributed by atoms with E-state index in [1.807, 2.05) is 46.0 Å². The fraction of sp³-hybridized carbons (Fsp3) is 0.278. The van der Waals surface area contributed by atoms with Crippen LogP contribution in [-0.2, 0) is 24.5 Å². The molecule has 0 radical (unpaired) electrons. The van der Waals surface area contributed by atoms with Crippen molar-refractivity contribution < 1.29 is 9.53 Å². The second kappa shape index (κ2) is 6.08. The first kappa shape index (κ1) is 15.4. The molecule has 1 aliphatic rings. The SMILES string of the molecule is CCn1cc(-c2cc3n(n2)Cc2ccc(NC(C)=O)cc2OC3)cn1. The van der Waals surface area contributed by atoms with Crippen molar-refractivity contribution in [2.24, 2.45) is 0 Å². The van der Waals surface area contributed by atoms with E-state index in [1.54, 1.807) is 0 Å². The summed E-state index contributed by atoms with van der Waals surface area (Å²) in [6.07, 6.45) is 3.83. The molecule has 0 bridgehead atoms. The number of aryl methyl sites for hydroxylation is 1. The molecule has 7 nitrogen and oxygen atoms in total. The molecule has 0 unspecified atom stereocenters. The normalized spacial score (nSPS) is 12.7. The Bertz CT molecular complexity index is 941. The lowest BCUT2D eigenvalue weighted by atomic mass is 10.2. The predicted octanol–water partition coefficient (Wildman–Crippen LogP) is 2.67. The number of anilines is 1. The Kier molecular flexibility index (Phi) is 3.76. The van der Waals surface area contributed by atoms with Gasteiger partial charge in [0.2, 0.25) is 5.91 Å². The Hall–Kier alpha value is -3.09. The molecule has 3 aromatic rings. The molecule has 1 aromatic carbocycles.